The third kappa shape index (κ3) is 3.51. The van der Waals surface area contributed by atoms with Crippen molar-refractivity contribution in [2.45, 2.75) is 37.3 Å². The summed E-state index contributed by atoms with van der Waals surface area (Å²) in [6, 6.07) is -0.731. The van der Waals surface area contributed by atoms with Gasteiger partial charge in [-0.05, 0) is 12.8 Å². The molecular formula is C12H12ClF2N5O2. The third-order valence-electron chi connectivity index (χ3n) is 3.34. The zero-order valence-electron chi connectivity index (χ0n) is 11.2. The molecule has 3 N–H and O–H groups in total. The number of anilines is 1. The monoisotopic (exact) mass is 331 g/mol. The number of carboxylic acid groups (broad SMARTS) is 1. The normalized spacial score (nSPS) is 23.4. The summed E-state index contributed by atoms with van der Waals surface area (Å²) in [7, 11) is 0. The molecule has 1 aliphatic carbocycles. The number of halogens is 3. The molecule has 7 nitrogen and oxygen atoms in total. The number of hydrogen-bond acceptors (Lipinski definition) is 5. The Morgan fingerprint density at radius 1 is 1.59 bits per heavy atom. The summed E-state index contributed by atoms with van der Waals surface area (Å²) < 4.78 is 28.1. The number of hydrogen-bond donors (Lipinski definition) is 3. The highest BCUT2D eigenvalue weighted by molar-refractivity contribution is 6.30. The fraction of sp³-hybridized carbons (Fsp3) is 0.500. The summed E-state index contributed by atoms with van der Waals surface area (Å²) in [5.41, 5.74) is 0.0165. The predicted molar refractivity (Wildman–Crippen MR) is 72.9 cm³/mol. The largest absolute Gasteiger partial charge is 0.465 e. The van der Waals surface area contributed by atoms with E-state index in [-0.39, 0.29) is 35.9 Å². The fourth-order valence-corrected chi connectivity index (χ4v) is 2.51. The van der Waals surface area contributed by atoms with Gasteiger partial charge < -0.3 is 15.7 Å². The van der Waals surface area contributed by atoms with Crippen molar-refractivity contribution in [3.8, 4) is 6.07 Å². The van der Waals surface area contributed by atoms with Crippen LogP contribution in [0.4, 0.5) is 19.5 Å². The van der Waals surface area contributed by atoms with E-state index < -0.39 is 24.1 Å². The molecule has 22 heavy (non-hydrogen) atoms. The second-order valence-corrected chi connectivity index (χ2v) is 5.20. The summed E-state index contributed by atoms with van der Waals surface area (Å²) >= 11 is 5.73. The van der Waals surface area contributed by atoms with Crippen LogP contribution in [0.2, 0.25) is 5.15 Å². The quantitative estimate of drug-likeness (QED) is 0.732. The van der Waals surface area contributed by atoms with Gasteiger partial charge in [0.2, 0.25) is 5.95 Å². The number of nitrogens with one attached hydrogen (secondary N) is 2. The topological polar surface area (TPSA) is 111 Å². The van der Waals surface area contributed by atoms with Crippen LogP contribution < -0.4 is 10.6 Å². The zero-order chi connectivity index (χ0) is 16.3. The Hall–Kier alpha value is -2.21. The van der Waals surface area contributed by atoms with Crippen molar-refractivity contribution in [2.24, 2.45) is 0 Å². The molecule has 1 heterocycles. The first kappa shape index (κ1) is 16.2. The average Bonchev–Trinajstić information content (AvgIpc) is 2.42. The zero-order valence-corrected chi connectivity index (χ0v) is 11.9. The van der Waals surface area contributed by atoms with Crippen molar-refractivity contribution >= 4 is 23.6 Å². The van der Waals surface area contributed by atoms with E-state index in [0.29, 0.717) is 0 Å². The minimum atomic E-state index is -3.13. The molecule has 2 atom stereocenters. The van der Waals surface area contributed by atoms with Crippen molar-refractivity contribution in [1.29, 1.82) is 5.26 Å². The first-order valence-electron chi connectivity index (χ1n) is 6.40. The number of amides is 1. The molecule has 1 amide bonds. The van der Waals surface area contributed by atoms with Crippen LogP contribution in [-0.4, -0.2) is 39.2 Å². The van der Waals surface area contributed by atoms with E-state index in [9.17, 15) is 13.6 Å². The third-order valence-corrected chi connectivity index (χ3v) is 3.63. The van der Waals surface area contributed by atoms with Crippen molar-refractivity contribution < 1.29 is 18.7 Å². The summed E-state index contributed by atoms with van der Waals surface area (Å²) in [5, 5.41) is 21.8. The number of carbonyl (C=O) groups is 1. The molecule has 1 aromatic rings. The lowest BCUT2D eigenvalue weighted by Gasteiger charge is -2.38. The van der Waals surface area contributed by atoms with E-state index in [0.717, 1.165) is 6.20 Å². The summed E-state index contributed by atoms with van der Waals surface area (Å²) in [6.45, 7) is 0. The highest BCUT2D eigenvalue weighted by Gasteiger charge is 2.48. The van der Waals surface area contributed by atoms with Crippen LogP contribution in [-0.2, 0) is 0 Å². The fourth-order valence-electron chi connectivity index (χ4n) is 2.34. The molecule has 0 aromatic carbocycles. The number of nitriles is 1. The average molecular weight is 332 g/mol. The molecule has 118 valence electrons. The number of rotatable bonds is 3. The molecule has 0 aliphatic heterocycles. The van der Waals surface area contributed by atoms with E-state index in [1.54, 1.807) is 6.07 Å². The van der Waals surface area contributed by atoms with Gasteiger partial charge in [-0.15, -0.1) is 0 Å². The minimum Gasteiger partial charge on any atom is -0.465 e. The number of nitrogens with zero attached hydrogens (tertiary/aromatic N) is 3. The minimum absolute atomic E-state index is 0.0165. The Morgan fingerprint density at radius 2 is 2.32 bits per heavy atom. The van der Waals surface area contributed by atoms with Crippen LogP contribution in [0.5, 0.6) is 0 Å². The summed E-state index contributed by atoms with van der Waals surface area (Å²) in [4.78, 5) is 18.2. The number of alkyl halides is 2. The molecule has 1 aromatic heterocycles. The van der Waals surface area contributed by atoms with Gasteiger partial charge in [0.15, 0.2) is 5.15 Å². The SMILES string of the molecule is N#Cc1cnc(N[C@H]2[C@@H](NC(=O)O)CCCC2(F)F)nc1Cl. The maximum atomic E-state index is 14.1. The van der Waals surface area contributed by atoms with E-state index in [1.165, 1.54) is 0 Å². The maximum Gasteiger partial charge on any atom is 0.404 e. The Morgan fingerprint density at radius 3 is 2.91 bits per heavy atom. The van der Waals surface area contributed by atoms with Crippen molar-refractivity contribution in [1.82, 2.24) is 15.3 Å². The van der Waals surface area contributed by atoms with Crippen molar-refractivity contribution in [3.63, 3.8) is 0 Å². The predicted octanol–water partition coefficient (Wildman–Crippen LogP) is 2.24. The van der Waals surface area contributed by atoms with Gasteiger partial charge in [0.25, 0.3) is 5.92 Å². The lowest BCUT2D eigenvalue weighted by atomic mass is 9.87. The highest BCUT2D eigenvalue weighted by atomic mass is 35.5. The summed E-state index contributed by atoms with van der Waals surface area (Å²) in [6.07, 6.45) is -0.173. The molecule has 2 rings (SSSR count). The number of aromatic nitrogens is 2. The Labute approximate surface area is 129 Å². The molecule has 0 unspecified atom stereocenters. The van der Waals surface area contributed by atoms with Crippen LogP contribution in [0.15, 0.2) is 6.20 Å². The summed E-state index contributed by atoms with van der Waals surface area (Å²) in [5.74, 6) is -3.32. The molecule has 0 radical (unpaired) electrons. The van der Waals surface area contributed by atoms with Gasteiger partial charge in [-0.1, -0.05) is 11.6 Å². The van der Waals surface area contributed by atoms with Crippen LogP contribution in [0, 0.1) is 11.3 Å². The van der Waals surface area contributed by atoms with Gasteiger partial charge in [0.1, 0.15) is 17.7 Å². The van der Waals surface area contributed by atoms with Crippen LogP contribution in [0.25, 0.3) is 0 Å². The lowest BCUT2D eigenvalue weighted by Crippen LogP contribution is -2.57. The second kappa shape index (κ2) is 6.27. The molecule has 0 saturated heterocycles. The smallest absolute Gasteiger partial charge is 0.404 e. The van der Waals surface area contributed by atoms with Crippen molar-refractivity contribution in [3.05, 3.63) is 16.9 Å². The van der Waals surface area contributed by atoms with E-state index in [4.69, 9.17) is 22.0 Å². The molecular weight excluding hydrogens is 320 g/mol. The lowest BCUT2D eigenvalue weighted by molar-refractivity contribution is -0.0549. The van der Waals surface area contributed by atoms with E-state index >= 15 is 0 Å². The molecule has 0 spiro atoms. The van der Waals surface area contributed by atoms with Gasteiger partial charge in [0.05, 0.1) is 12.2 Å². The van der Waals surface area contributed by atoms with Gasteiger partial charge in [-0.2, -0.15) is 10.2 Å². The second-order valence-electron chi connectivity index (χ2n) is 4.84. The van der Waals surface area contributed by atoms with E-state index in [1.807, 2.05) is 0 Å². The molecule has 1 fully saturated rings. The molecule has 1 aliphatic rings. The van der Waals surface area contributed by atoms with E-state index in [2.05, 4.69) is 20.6 Å². The Kier molecular flexibility index (Phi) is 4.61. The van der Waals surface area contributed by atoms with Crippen molar-refractivity contribution in [2.75, 3.05) is 5.32 Å². The maximum absolute atomic E-state index is 14.1. The standard InChI is InChI=1S/C12H12ClF2N5O2/c13-9-6(4-16)5-17-10(20-9)19-8-7(18-11(21)22)2-1-3-12(8,14)15/h5,7-8,18H,1-3H2,(H,21,22)(H,17,19,20)/t7-,8-/m0/s1. The Balaban J connectivity index is 2.24. The molecule has 1 saturated carbocycles. The first-order chi connectivity index (χ1) is 10.3. The van der Waals surface area contributed by atoms with Crippen LogP contribution in [0.3, 0.4) is 0 Å². The molecule has 0 bridgehead atoms. The Bertz CT molecular complexity index is 622. The van der Waals surface area contributed by atoms with Crippen LogP contribution >= 0.6 is 11.6 Å². The van der Waals surface area contributed by atoms with Gasteiger partial charge in [0, 0.05) is 6.42 Å². The van der Waals surface area contributed by atoms with Crippen LogP contribution in [0.1, 0.15) is 24.8 Å². The highest BCUT2D eigenvalue weighted by Crippen LogP contribution is 2.35. The van der Waals surface area contributed by atoms with Gasteiger partial charge in [-0.3, -0.25) is 0 Å². The van der Waals surface area contributed by atoms with Gasteiger partial charge in [-0.25, -0.2) is 18.6 Å². The first-order valence-corrected chi connectivity index (χ1v) is 6.78. The van der Waals surface area contributed by atoms with Gasteiger partial charge >= 0.3 is 6.09 Å². The molecule has 10 heteroatoms.